The molecule has 130 valence electrons. The van der Waals surface area contributed by atoms with Gasteiger partial charge in [0.05, 0.1) is 11.2 Å². The second kappa shape index (κ2) is 9.20. The Balaban J connectivity index is 1.87. The maximum Gasteiger partial charge on any atom is 0.249 e. The summed E-state index contributed by atoms with van der Waals surface area (Å²) in [7, 11) is 0. The minimum atomic E-state index is -0.521. The molecular formula is C18H17Cl2N3O2. The smallest absolute Gasteiger partial charge is 0.249 e. The summed E-state index contributed by atoms with van der Waals surface area (Å²) in [6.07, 6.45) is 1.85. The highest BCUT2D eigenvalue weighted by molar-refractivity contribution is 6.36. The monoisotopic (exact) mass is 377 g/mol. The van der Waals surface area contributed by atoms with E-state index in [4.69, 9.17) is 23.2 Å². The zero-order valence-corrected chi connectivity index (χ0v) is 15.1. The van der Waals surface area contributed by atoms with Crippen LogP contribution in [0.25, 0.3) is 0 Å². The van der Waals surface area contributed by atoms with E-state index in [2.05, 4.69) is 15.8 Å². The molecule has 2 rings (SSSR count). The molecule has 2 amide bonds. The third-order valence-electron chi connectivity index (χ3n) is 3.35. The number of nitrogens with zero attached hydrogens (tertiary/aromatic N) is 1. The van der Waals surface area contributed by atoms with Gasteiger partial charge in [0.2, 0.25) is 11.8 Å². The molecular weight excluding hydrogens is 361 g/mol. The Labute approximate surface area is 156 Å². The van der Waals surface area contributed by atoms with Crippen molar-refractivity contribution < 1.29 is 9.59 Å². The predicted molar refractivity (Wildman–Crippen MR) is 101 cm³/mol. The zero-order valence-electron chi connectivity index (χ0n) is 13.6. The molecule has 0 saturated heterocycles. The summed E-state index contributed by atoms with van der Waals surface area (Å²) in [6, 6.07) is 12.4. The summed E-state index contributed by atoms with van der Waals surface area (Å²) in [5.41, 5.74) is 4.61. The van der Waals surface area contributed by atoms with Crippen LogP contribution in [0, 0.1) is 0 Å². The molecule has 0 aromatic heterocycles. The van der Waals surface area contributed by atoms with Crippen molar-refractivity contribution in [2.24, 2.45) is 5.10 Å². The Morgan fingerprint density at radius 3 is 2.60 bits per heavy atom. The van der Waals surface area contributed by atoms with Crippen LogP contribution in [0.3, 0.4) is 0 Å². The van der Waals surface area contributed by atoms with Crippen molar-refractivity contribution in [2.75, 3.05) is 5.32 Å². The molecule has 2 aromatic carbocycles. The average Bonchev–Trinajstić information content (AvgIpc) is 2.57. The summed E-state index contributed by atoms with van der Waals surface area (Å²) < 4.78 is 0. The molecule has 2 aromatic rings. The van der Waals surface area contributed by atoms with Crippen molar-refractivity contribution >= 4 is 46.9 Å². The molecule has 0 heterocycles. The minimum absolute atomic E-state index is 0.330. The summed E-state index contributed by atoms with van der Waals surface area (Å²) in [5, 5.41) is 7.45. The molecule has 0 spiro atoms. The van der Waals surface area contributed by atoms with Crippen molar-refractivity contribution in [2.45, 2.75) is 19.8 Å². The number of amides is 2. The number of carbonyl (C=O) groups is 2. The number of aryl methyl sites for hydroxylation is 1. The topological polar surface area (TPSA) is 70.6 Å². The van der Waals surface area contributed by atoms with Gasteiger partial charge in [0.25, 0.3) is 0 Å². The molecule has 7 heteroatoms. The van der Waals surface area contributed by atoms with Gasteiger partial charge in [-0.15, -0.1) is 0 Å². The lowest BCUT2D eigenvalue weighted by Gasteiger charge is -2.09. The predicted octanol–water partition coefficient (Wildman–Crippen LogP) is 4.03. The van der Waals surface area contributed by atoms with Gasteiger partial charge >= 0.3 is 0 Å². The van der Waals surface area contributed by atoms with Crippen LogP contribution in [-0.4, -0.2) is 18.0 Å². The molecule has 0 unspecified atom stereocenters. The van der Waals surface area contributed by atoms with E-state index in [9.17, 15) is 9.59 Å². The minimum Gasteiger partial charge on any atom is -0.325 e. The number of rotatable bonds is 6. The van der Waals surface area contributed by atoms with Crippen LogP contribution in [0.1, 0.15) is 24.5 Å². The number of para-hydroxylation sites is 1. The molecule has 25 heavy (non-hydrogen) atoms. The summed E-state index contributed by atoms with van der Waals surface area (Å²) in [5.74, 6) is -0.925. The molecule has 0 atom stereocenters. The van der Waals surface area contributed by atoms with Crippen molar-refractivity contribution in [3.05, 3.63) is 63.6 Å². The van der Waals surface area contributed by atoms with Gasteiger partial charge in [-0.05, 0) is 30.2 Å². The van der Waals surface area contributed by atoms with Crippen LogP contribution in [0.5, 0.6) is 0 Å². The fourth-order valence-corrected chi connectivity index (χ4v) is 2.57. The number of hydrogen-bond acceptors (Lipinski definition) is 3. The molecule has 0 aliphatic carbocycles. The molecule has 0 aliphatic heterocycles. The number of benzene rings is 2. The van der Waals surface area contributed by atoms with Gasteiger partial charge in [-0.2, -0.15) is 5.10 Å². The number of halogens is 2. The Morgan fingerprint density at radius 1 is 1.12 bits per heavy atom. The zero-order chi connectivity index (χ0) is 18.2. The standard InChI is InChI=1S/C18H17Cl2N3O2/c1-2-12-5-3-4-6-16(12)22-17(24)10-18(25)23-21-11-13-7-8-14(19)9-15(13)20/h3-9,11H,2,10H2,1H3,(H,22,24)(H,23,25). The number of nitrogens with one attached hydrogen (secondary N) is 2. The lowest BCUT2D eigenvalue weighted by Crippen LogP contribution is -2.25. The van der Waals surface area contributed by atoms with Gasteiger partial charge in [-0.25, -0.2) is 5.43 Å². The Morgan fingerprint density at radius 2 is 1.88 bits per heavy atom. The molecule has 0 bridgehead atoms. The number of carbonyl (C=O) groups excluding carboxylic acids is 2. The van der Waals surface area contributed by atoms with Gasteiger partial charge in [-0.3, -0.25) is 9.59 Å². The number of hydrogen-bond donors (Lipinski definition) is 2. The van der Waals surface area contributed by atoms with Gasteiger partial charge in [-0.1, -0.05) is 54.4 Å². The van der Waals surface area contributed by atoms with Crippen LogP contribution in [-0.2, 0) is 16.0 Å². The highest BCUT2D eigenvalue weighted by Gasteiger charge is 2.10. The fourth-order valence-electron chi connectivity index (χ4n) is 2.11. The first kappa shape index (κ1) is 19.0. The molecule has 2 N–H and O–H groups in total. The lowest BCUT2D eigenvalue weighted by atomic mass is 10.1. The number of anilines is 1. The van der Waals surface area contributed by atoms with Crippen LogP contribution in [0.15, 0.2) is 47.6 Å². The first-order chi connectivity index (χ1) is 12.0. The highest BCUT2D eigenvalue weighted by atomic mass is 35.5. The van der Waals surface area contributed by atoms with Gasteiger partial charge < -0.3 is 5.32 Å². The van der Waals surface area contributed by atoms with E-state index in [1.54, 1.807) is 24.3 Å². The maximum absolute atomic E-state index is 12.0. The van der Waals surface area contributed by atoms with Crippen molar-refractivity contribution in [3.63, 3.8) is 0 Å². The van der Waals surface area contributed by atoms with Crippen LogP contribution < -0.4 is 10.7 Å². The van der Waals surface area contributed by atoms with E-state index in [0.717, 1.165) is 12.0 Å². The largest absolute Gasteiger partial charge is 0.325 e. The normalized spacial score (nSPS) is 10.7. The summed E-state index contributed by atoms with van der Waals surface area (Å²) >= 11 is 11.8. The van der Waals surface area contributed by atoms with Crippen LogP contribution in [0.2, 0.25) is 10.0 Å². The summed E-state index contributed by atoms with van der Waals surface area (Å²) in [6.45, 7) is 1.99. The second-order valence-corrected chi connectivity index (χ2v) is 6.04. The molecule has 0 saturated carbocycles. The van der Waals surface area contributed by atoms with Gasteiger partial charge in [0.15, 0.2) is 0 Å². The van der Waals surface area contributed by atoms with Gasteiger partial charge in [0.1, 0.15) is 6.42 Å². The van der Waals surface area contributed by atoms with Crippen molar-refractivity contribution in [1.29, 1.82) is 0 Å². The van der Waals surface area contributed by atoms with E-state index < -0.39 is 11.8 Å². The first-order valence-corrected chi connectivity index (χ1v) is 8.40. The first-order valence-electron chi connectivity index (χ1n) is 7.64. The second-order valence-electron chi connectivity index (χ2n) is 5.19. The molecule has 0 fully saturated rings. The Kier molecular flexibility index (Phi) is 6.98. The Hall–Kier alpha value is -2.37. The summed E-state index contributed by atoms with van der Waals surface area (Å²) in [4.78, 5) is 23.7. The van der Waals surface area contributed by atoms with Crippen molar-refractivity contribution in [1.82, 2.24) is 5.43 Å². The van der Waals surface area contributed by atoms with E-state index in [-0.39, 0.29) is 6.42 Å². The SMILES string of the molecule is CCc1ccccc1NC(=O)CC(=O)NN=Cc1ccc(Cl)cc1Cl. The van der Waals surface area contributed by atoms with E-state index in [1.165, 1.54) is 6.21 Å². The number of hydrazone groups is 1. The quantitative estimate of drug-likeness (QED) is 0.453. The van der Waals surface area contributed by atoms with E-state index in [1.807, 2.05) is 25.1 Å². The van der Waals surface area contributed by atoms with E-state index >= 15 is 0 Å². The average molecular weight is 378 g/mol. The van der Waals surface area contributed by atoms with Gasteiger partial charge in [0, 0.05) is 16.3 Å². The fraction of sp³-hybridized carbons (Fsp3) is 0.167. The maximum atomic E-state index is 12.0. The van der Waals surface area contributed by atoms with Crippen LogP contribution >= 0.6 is 23.2 Å². The lowest BCUT2D eigenvalue weighted by molar-refractivity contribution is -0.126. The highest BCUT2D eigenvalue weighted by Crippen LogP contribution is 2.19. The van der Waals surface area contributed by atoms with Crippen LogP contribution in [0.4, 0.5) is 5.69 Å². The Bertz CT molecular complexity index is 807. The van der Waals surface area contributed by atoms with Crippen molar-refractivity contribution in [3.8, 4) is 0 Å². The van der Waals surface area contributed by atoms with E-state index in [0.29, 0.717) is 21.3 Å². The third-order valence-corrected chi connectivity index (χ3v) is 3.91. The molecule has 0 radical (unpaired) electrons. The molecule has 0 aliphatic rings. The molecule has 5 nitrogen and oxygen atoms in total. The third kappa shape index (κ3) is 5.89.